The molecular weight excluding hydrogens is 376 g/mol. The van der Waals surface area contributed by atoms with Crippen molar-refractivity contribution in [2.24, 2.45) is 5.92 Å². The van der Waals surface area contributed by atoms with Crippen LogP contribution in [0.2, 0.25) is 0 Å². The minimum atomic E-state index is -0.349. The highest BCUT2D eigenvalue weighted by Gasteiger charge is 2.35. The quantitative estimate of drug-likeness (QED) is 0.793. The first-order chi connectivity index (χ1) is 14.4. The highest BCUT2D eigenvalue weighted by molar-refractivity contribution is 5.99. The number of hydrogen-bond acceptors (Lipinski definition) is 4. The number of carbonyl (C=O) groups is 2. The van der Waals surface area contributed by atoms with Gasteiger partial charge in [-0.25, -0.2) is 0 Å². The molecule has 0 aromatic heterocycles. The third kappa shape index (κ3) is 4.18. The Kier molecular flexibility index (Phi) is 6.02. The number of amides is 1. The number of hydrogen-bond donors (Lipinski definition) is 1. The van der Waals surface area contributed by atoms with Gasteiger partial charge in [-0.15, -0.1) is 0 Å². The summed E-state index contributed by atoms with van der Waals surface area (Å²) in [5.74, 6) is 0.167. The maximum absolute atomic E-state index is 13.0. The van der Waals surface area contributed by atoms with Gasteiger partial charge in [0.15, 0.2) is 5.78 Å². The third-order valence-corrected chi connectivity index (χ3v) is 6.80. The highest BCUT2D eigenvalue weighted by atomic mass is 16.3. The smallest absolute Gasteiger partial charge is 0.223 e. The molecule has 2 aliphatic rings. The van der Waals surface area contributed by atoms with Gasteiger partial charge in [0.25, 0.3) is 0 Å². The molecule has 2 atom stereocenters. The zero-order chi connectivity index (χ0) is 21.3. The van der Waals surface area contributed by atoms with Crippen molar-refractivity contribution in [1.29, 1.82) is 0 Å². The van der Waals surface area contributed by atoms with Crippen molar-refractivity contribution in [3.05, 3.63) is 65.2 Å². The summed E-state index contributed by atoms with van der Waals surface area (Å²) >= 11 is 0. The summed E-state index contributed by atoms with van der Waals surface area (Å²) in [6.07, 6.45) is 2.87. The van der Waals surface area contributed by atoms with Crippen molar-refractivity contribution >= 4 is 17.4 Å². The van der Waals surface area contributed by atoms with E-state index in [0.717, 1.165) is 38.0 Å². The van der Waals surface area contributed by atoms with Crippen molar-refractivity contribution in [3.8, 4) is 0 Å². The summed E-state index contributed by atoms with van der Waals surface area (Å²) < 4.78 is 0. The molecule has 4 rings (SSSR count). The zero-order valence-corrected chi connectivity index (χ0v) is 17.8. The van der Waals surface area contributed by atoms with E-state index in [-0.39, 0.29) is 29.8 Å². The average Bonchev–Trinajstić information content (AvgIpc) is 2.78. The second-order valence-corrected chi connectivity index (χ2v) is 8.61. The number of aliphatic hydroxyl groups excluding tert-OH is 1. The van der Waals surface area contributed by atoms with E-state index in [2.05, 4.69) is 23.1 Å². The van der Waals surface area contributed by atoms with Crippen LogP contribution in [0.25, 0.3) is 0 Å². The van der Waals surface area contributed by atoms with Crippen molar-refractivity contribution in [2.75, 3.05) is 25.0 Å². The lowest BCUT2D eigenvalue weighted by Gasteiger charge is -2.41. The minimum absolute atomic E-state index is 0.0191. The van der Waals surface area contributed by atoms with Crippen molar-refractivity contribution < 1.29 is 14.7 Å². The number of benzene rings is 2. The zero-order valence-electron chi connectivity index (χ0n) is 17.8. The van der Waals surface area contributed by atoms with Crippen LogP contribution in [0.3, 0.4) is 0 Å². The number of piperidine rings is 1. The molecule has 1 N–H and O–H groups in total. The van der Waals surface area contributed by atoms with Gasteiger partial charge in [0.1, 0.15) is 0 Å². The number of likely N-dealkylation sites (tertiary alicyclic amines) is 1. The Labute approximate surface area is 178 Å². The first-order valence-corrected chi connectivity index (χ1v) is 10.8. The maximum Gasteiger partial charge on any atom is 0.223 e. The highest BCUT2D eigenvalue weighted by Crippen LogP contribution is 2.29. The van der Waals surface area contributed by atoms with Gasteiger partial charge in [-0.1, -0.05) is 24.3 Å². The van der Waals surface area contributed by atoms with E-state index in [9.17, 15) is 14.7 Å². The fourth-order valence-corrected chi connectivity index (χ4v) is 4.81. The molecule has 1 aliphatic carbocycles. The Balaban J connectivity index is 1.36. The maximum atomic E-state index is 13.0. The van der Waals surface area contributed by atoms with Crippen LogP contribution in [0.1, 0.15) is 41.3 Å². The van der Waals surface area contributed by atoms with Crippen LogP contribution >= 0.6 is 0 Å². The summed E-state index contributed by atoms with van der Waals surface area (Å²) in [7, 11) is 1.73. The van der Waals surface area contributed by atoms with Crippen LogP contribution in [0, 0.1) is 5.92 Å². The molecule has 1 fully saturated rings. The minimum Gasteiger partial charge on any atom is -0.391 e. The van der Waals surface area contributed by atoms with E-state index in [1.54, 1.807) is 11.9 Å². The molecule has 0 unspecified atom stereocenters. The number of fused-ring (bicyclic) bond motifs is 1. The third-order valence-electron chi connectivity index (χ3n) is 6.80. The first kappa shape index (κ1) is 20.8. The molecule has 5 nitrogen and oxygen atoms in total. The van der Waals surface area contributed by atoms with Gasteiger partial charge in [0, 0.05) is 43.6 Å². The van der Waals surface area contributed by atoms with Crippen molar-refractivity contribution in [3.63, 3.8) is 0 Å². The summed E-state index contributed by atoms with van der Waals surface area (Å²) in [6, 6.07) is 15.8. The van der Waals surface area contributed by atoms with E-state index in [1.807, 2.05) is 30.3 Å². The van der Waals surface area contributed by atoms with Crippen LogP contribution in [0.5, 0.6) is 0 Å². The fourth-order valence-electron chi connectivity index (χ4n) is 4.81. The summed E-state index contributed by atoms with van der Waals surface area (Å²) in [6.45, 7) is 3.20. The predicted octanol–water partition coefficient (Wildman–Crippen LogP) is 3.09. The number of nitrogens with zero attached hydrogens (tertiary/aromatic N) is 2. The number of Topliss-reactive ketones (excluding diaryl/α,β-unsaturated/α-hetero) is 1. The van der Waals surface area contributed by atoms with Crippen LogP contribution in [-0.4, -0.2) is 54.0 Å². The van der Waals surface area contributed by atoms with E-state index >= 15 is 0 Å². The summed E-state index contributed by atoms with van der Waals surface area (Å²) in [5.41, 5.74) is 4.09. The molecule has 2 aromatic carbocycles. The molecule has 1 amide bonds. The van der Waals surface area contributed by atoms with E-state index in [0.29, 0.717) is 12.0 Å². The van der Waals surface area contributed by atoms with Crippen molar-refractivity contribution in [2.45, 2.75) is 44.8 Å². The molecule has 5 heteroatoms. The summed E-state index contributed by atoms with van der Waals surface area (Å²) in [4.78, 5) is 28.4. The molecule has 0 bridgehead atoms. The molecule has 1 aliphatic heterocycles. The average molecular weight is 407 g/mol. The number of rotatable bonds is 4. The Morgan fingerprint density at radius 1 is 0.967 bits per heavy atom. The predicted molar refractivity (Wildman–Crippen MR) is 118 cm³/mol. The topological polar surface area (TPSA) is 60.9 Å². The summed E-state index contributed by atoms with van der Waals surface area (Å²) in [5, 5.41) is 10.7. The number of anilines is 1. The normalized spacial score (nSPS) is 22.4. The molecule has 2 aromatic rings. The van der Waals surface area contributed by atoms with Gasteiger partial charge in [-0.2, -0.15) is 0 Å². The van der Waals surface area contributed by atoms with Gasteiger partial charge in [-0.3, -0.25) is 14.5 Å². The molecular formula is C25H30N2O3. The second kappa shape index (κ2) is 8.70. The molecule has 158 valence electrons. The van der Waals surface area contributed by atoms with E-state index in [4.69, 9.17) is 0 Å². The van der Waals surface area contributed by atoms with Crippen molar-refractivity contribution in [1.82, 2.24) is 4.90 Å². The van der Waals surface area contributed by atoms with Crippen LogP contribution in [0.4, 0.5) is 5.69 Å². The van der Waals surface area contributed by atoms with Crippen LogP contribution in [0.15, 0.2) is 48.5 Å². The van der Waals surface area contributed by atoms with Gasteiger partial charge < -0.3 is 10.0 Å². The first-order valence-electron chi connectivity index (χ1n) is 10.8. The van der Waals surface area contributed by atoms with Gasteiger partial charge in [0.05, 0.1) is 6.10 Å². The molecule has 1 saturated heterocycles. The lowest BCUT2D eigenvalue weighted by atomic mass is 9.83. The lowest BCUT2D eigenvalue weighted by Crippen LogP contribution is -2.51. The number of carbonyl (C=O) groups excluding carboxylic acids is 2. The van der Waals surface area contributed by atoms with Gasteiger partial charge >= 0.3 is 0 Å². The monoisotopic (exact) mass is 406 g/mol. The Hall–Kier alpha value is -2.50. The molecule has 1 heterocycles. The van der Waals surface area contributed by atoms with Crippen LogP contribution < -0.4 is 4.90 Å². The lowest BCUT2D eigenvalue weighted by molar-refractivity contribution is -0.116. The standard InChI is InChI=1S/C25H30N2O3/c1-17(28)26(2)22-9-7-18(8-10-22)25(30)19-11-13-27(14-12-19)23-15-20-5-3-4-6-21(20)16-24(23)29/h3-10,19,23-24,29H,11-16H2,1-2H3/t23-,24-/m0/s1. The fraction of sp³-hybridized carbons (Fsp3) is 0.440. The number of aliphatic hydroxyl groups is 1. The van der Waals surface area contributed by atoms with Gasteiger partial charge in [-0.05, 0) is 67.7 Å². The molecule has 0 saturated carbocycles. The Bertz CT molecular complexity index is 916. The Morgan fingerprint density at radius 2 is 1.57 bits per heavy atom. The SMILES string of the molecule is CC(=O)N(C)c1ccc(C(=O)C2CCN([C@H]3Cc4ccccc4C[C@@H]3O)CC2)cc1. The van der Waals surface area contributed by atoms with E-state index < -0.39 is 0 Å². The Morgan fingerprint density at radius 3 is 2.17 bits per heavy atom. The van der Waals surface area contributed by atoms with Gasteiger partial charge in [0.2, 0.25) is 5.91 Å². The second-order valence-electron chi connectivity index (χ2n) is 8.61. The largest absolute Gasteiger partial charge is 0.391 e. The number of ketones is 1. The molecule has 0 spiro atoms. The van der Waals surface area contributed by atoms with E-state index in [1.165, 1.54) is 18.1 Å². The molecule has 0 radical (unpaired) electrons. The van der Waals surface area contributed by atoms with Crippen LogP contribution in [-0.2, 0) is 17.6 Å². The molecule has 30 heavy (non-hydrogen) atoms.